The summed E-state index contributed by atoms with van der Waals surface area (Å²) in [6, 6.07) is 12.6. The molecule has 5 rings (SSSR count). The van der Waals surface area contributed by atoms with E-state index in [0.29, 0.717) is 6.04 Å². The average molecular weight is 630 g/mol. The Morgan fingerprint density at radius 1 is 0.977 bits per heavy atom. The second-order valence-electron chi connectivity index (χ2n) is 9.81. The number of alkyl halides is 6. The van der Waals surface area contributed by atoms with E-state index in [1.165, 1.54) is 17.0 Å². The number of halogens is 6. The number of carboxylic acids is 2. The van der Waals surface area contributed by atoms with Gasteiger partial charge < -0.3 is 19.5 Å². The number of aromatic nitrogens is 4. The van der Waals surface area contributed by atoms with Crippen molar-refractivity contribution < 1.29 is 50.9 Å². The van der Waals surface area contributed by atoms with Crippen LogP contribution in [-0.2, 0) is 29.1 Å². The lowest BCUT2D eigenvalue weighted by molar-refractivity contribution is -0.193. The number of carbonyl (C=O) groups is 2. The molecule has 0 spiro atoms. The highest BCUT2D eigenvalue weighted by atomic mass is 19.4. The van der Waals surface area contributed by atoms with E-state index in [0.717, 1.165) is 48.8 Å². The predicted molar refractivity (Wildman–Crippen MR) is 145 cm³/mol. The van der Waals surface area contributed by atoms with E-state index in [4.69, 9.17) is 29.5 Å². The van der Waals surface area contributed by atoms with E-state index < -0.39 is 24.3 Å². The van der Waals surface area contributed by atoms with Crippen LogP contribution in [0.3, 0.4) is 0 Å². The summed E-state index contributed by atoms with van der Waals surface area (Å²) in [6.45, 7) is 7.36. The summed E-state index contributed by atoms with van der Waals surface area (Å²) in [6.07, 6.45) is -3.16. The molecule has 0 saturated heterocycles. The van der Waals surface area contributed by atoms with E-state index in [2.05, 4.69) is 57.1 Å². The van der Waals surface area contributed by atoms with E-state index in [1.807, 2.05) is 30.6 Å². The van der Waals surface area contributed by atoms with Crippen molar-refractivity contribution in [3.63, 3.8) is 0 Å². The molecular formula is C28H29F6N5O5. The molecule has 4 heterocycles. The second-order valence-corrected chi connectivity index (χ2v) is 9.81. The molecule has 4 aromatic rings. The first-order valence-electron chi connectivity index (χ1n) is 13.0. The fourth-order valence-corrected chi connectivity index (χ4v) is 4.45. The molecule has 238 valence electrons. The van der Waals surface area contributed by atoms with Crippen molar-refractivity contribution in [1.29, 1.82) is 0 Å². The van der Waals surface area contributed by atoms with Crippen LogP contribution in [0, 0.1) is 0 Å². The Bertz CT molecular complexity index is 1540. The summed E-state index contributed by atoms with van der Waals surface area (Å²) in [7, 11) is 1.69. The van der Waals surface area contributed by atoms with Crippen LogP contribution in [0.1, 0.15) is 36.8 Å². The highest BCUT2D eigenvalue weighted by Crippen LogP contribution is 2.31. The highest BCUT2D eigenvalue weighted by Gasteiger charge is 2.39. The number of hydrogen-bond acceptors (Lipinski definition) is 6. The minimum atomic E-state index is -5.08. The first-order valence-corrected chi connectivity index (χ1v) is 13.0. The van der Waals surface area contributed by atoms with Gasteiger partial charge in [-0.1, -0.05) is 6.07 Å². The van der Waals surface area contributed by atoms with E-state index in [9.17, 15) is 26.3 Å². The van der Waals surface area contributed by atoms with E-state index in [1.54, 1.807) is 7.11 Å². The average Bonchev–Trinajstić information content (AvgIpc) is 3.50. The number of rotatable bonds is 5. The Labute approximate surface area is 247 Å². The number of ether oxygens (including phenoxy) is 1. The summed E-state index contributed by atoms with van der Waals surface area (Å²) in [5.41, 5.74) is 6.11. The van der Waals surface area contributed by atoms with Crippen LogP contribution < -0.4 is 4.74 Å². The molecule has 0 aliphatic carbocycles. The normalized spacial score (nSPS) is 13.4. The summed E-state index contributed by atoms with van der Waals surface area (Å²) in [4.78, 5) is 29.6. The van der Waals surface area contributed by atoms with Crippen LogP contribution in [0.4, 0.5) is 26.3 Å². The molecule has 1 aliphatic heterocycles. The number of pyridine rings is 1. The van der Waals surface area contributed by atoms with Crippen LogP contribution in [0.25, 0.3) is 17.0 Å². The molecule has 0 fully saturated rings. The van der Waals surface area contributed by atoms with Crippen molar-refractivity contribution in [3.05, 3.63) is 71.9 Å². The van der Waals surface area contributed by atoms with Crippen molar-refractivity contribution in [1.82, 2.24) is 23.8 Å². The first-order chi connectivity index (χ1) is 20.5. The Kier molecular flexibility index (Phi) is 10.6. The topological polar surface area (TPSA) is 122 Å². The Morgan fingerprint density at radius 3 is 2.05 bits per heavy atom. The number of nitrogens with zero attached hydrogens (tertiary/aromatic N) is 5. The van der Waals surface area contributed by atoms with Crippen LogP contribution in [0.2, 0.25) is 0 Å². The summed E-state index contributed by atoms with van der Waals surface area (Å²) in [5.74, 6) is -3.62. The van der Waals surface area contributed by atoms with Gasteiger partial charge >= 0.3 is 24.3 Å². The first kappa shape index (κ1) is 33.9. The van der Waals surface area contributed by atoms with Crippen molar-refractivity contribution in [2.45, 2.75) is 51.8 Å². The van der Waals surface area contributed by atoms with Gasteiger partial charge in [0.2, 0.25) is 5.78 Å². The molecule has 10 nitrogen and oxygen atoms in total. The molecule has 0 unspecified atom stereocenters. The van der Waals surface area contributed by atoms with Gasteiger partial charge in [-0.15, -0.1) is 0 Å². The minimum Gasteiger partial charge on any atom is -0.497 e. The molecule has 1 aromatic carbocycles. The third kappa shape index (κ3) is 8.49. The van der Waals surface area contributed by atoms with Gasteiger partial charge in [0.25, 0.3) is 0 Å². The SMILES string of the molecule is COc1ccc(-c2cn3c4c(n(C(C)C)c3n2)CCN(Cc2cccnc2)C4)cc1.O=C(O)C(F)(F)F.O=C(O)C(F)(F)F. The summed E-state index contributed by atoms with van der Waals surface area (Å²) < 4.78 is 73.5. The minimum absolute atomic E-state index is 0.368. The molecule has 0 saturated carbocycles. The Hall–Kier alpha value is -4.60. The number of imidazole rings is 2. The van der Waals surface area contributed by atoms with Gasteiger partial charge in [0.1, 0.15) is 5.75 Å². The molecule has 0 bridgehead atoms. The zero-order valence-corrected chi connectivity index (χ0v) is 23.7. The quantitative estimate of drug-likeness (QED) is 0.273. The van der Waals surface area contributed by atoms with Gasteiger partial charge in [-0.25, -0.2) is 14.6 Å². The monoisotopic (exact) mass is 629 g/mol. The Morgan fingerprint density at radius 2 is 1.57 bits per heavy atom. The lowest BCUT2D eigenvalue weighted by Crippen LogP contribution is -2.31. The van der Waals surface area contributed by atoms with Crippen molar-refractivity contribution >= 4 is 17.7 Å². The van der Waals surface area contributed by atoms with Gasteiger partial charge in [-0.2, -0.15) is 26.3 Å². The van der Waals surface area contributed by atoms with Crippen LogP contribution in [0.5, 0.6) is 5.75 Å². The molecule has 44 heavy (non-hydrogen) atoms. The van der Waals surface area contributed by atoms with Gasteiger partial charge in [0.15, 0.2) is 0 Å². The van der Waals surface area contributed by atoms with Gasteiger partial charge in [-0.3, -0.25) is 14.3 Å². The molecule has 16 heteroatoms. The number of methoxy groups -OCH3 is 1. The fourth-order valence-electron chi connectivity index (χ4n) is 4.45. The smallest absolute Gasteiger partial charge is 0.490 e. The van der Waals surface area contributed by atoms with Crippen molar-refractivity contribution in [3.8, 4) is 17.0 Å². The molecule has 0 radical (unpaired) electrons. The van der Waals surface area contributed by atoms with Crippen LogP contribution >= 0.6 is 0 Å². The van der Waals surface area contributed by atoms with Crippen molar-refractivity contribution in [2.75, 3.05) is 13.7 Å². The lowest BCUT2D eigenvalue weighted by atomic mass is 10.1. The molecule has 3 aromatic heterocycles. The van der Waals surface area contributed by atoms with Gasteiger partial charge in [0, 0.05) is 61.9 Å². The fraction of sp³-hybridized carbons (Fsp3) is 0.357. The third-order valence-electron chi connectivity index (χ3n) is 6.37. The van der Waals surface area contributed by atoms with Gasteiger partial charge in [0.05, 0.1) is 18.5 Å². The Balaban J connectivity index is 0.000000317. The zero-order chi connectivity index (χ0) is 32.8. The van der Waals surface area contributed by atoms with E-state index >= 15 is 0 Å². The number of aliphatic carboxylic acids is 2. The number of fused-ring (bicyclic) bond motifs is 3. The summed E-state index contributed by atoms with van der Waals surface area (Å²) >= 11 is 0. The summed E-state index contributed by atoms with van der Waals surface area (Å²) in [5, 5.41) is 14.2. The number of hydrogen-bond donors (Lipinski definition) is 2. The standard InChI is InChI=1S/C24H27N5O.2C2HF3O2/c1-17(2)29-22-10-12-27(14-18-5-4-11-25-13-18)16-23(22)28-15-21(26-24(28)29)19-6-8-20(30-3)9-7-19;2*3-2(4,5)1(6)7/h4-9,11,13,15,17H,10,12,14,16H2,1-3H3;2*(H,6,7). The molecule has 2 N–H and O–H groups in total. The van der Waals surface area contributed by atoms with Crippen LogP contribution in [-0.4, -0.2) is 72.0 Å². The van der Waals surface area contributed by atoms with Gasteiger partial charge in [-0.05, 0) is 49.7 Å². The molecule has 0 atom stereocenters. The maximum absolute atomic E-state index is 10.6. The predicted octanol–water partition coefficient (Wildman–Crippen LogP) is 5.61. The lowest BCUT2D eigenvalue weighted by Gasteiger charge is -2.28. The highest BCUT2D eigenvalue weighted by molar-refractivity contribution is 5.73. The van der Waals surface area contributed by atoms with E-state index in [-0.39, 0.29) is 0 Å². The maximum Gasteiger partial charge on any atom is 0.490 e. The number of benzene rings is 1. The third-order valence-corrected chi connectivity index (χ3v) is 6.37. The van der Waals surface area contributed by atoms with Crippen molar-refractivity contribution in [2.24, 2.45) is 0 Å². The second kappa shape index (κ2) is 13.8. The molecule has 0 amide bonds. The molecular weight excluding hydrogens is 600 g/mol. The molecule has 1 aliphatic rings. The number of carboxylic acid groups (broad SMARTS) is 2. The zero-order valence-electron chi connectivity index (χ0n) is 23.7. The maximum atomic E-state index is 10.6. The largest absolute Gasteiger partial charge is 0.497 e. The van der Waals surface area contributed by atoms with Crippen LogP contribution in [0.15, 0.2) is 55.0 Å².